The molecule has 0 aromatic carbocycles. The van der Waals surface area contributed by atoms with E-state index < -0.39 is 33.2 Å². The minimum atomic E-state index is -4.52. The molecule has 0 saturated heterocycles. The average molecular weight is 813 g/mol. The predicted molar refractivity (Wildman–Crippen MR) is 233 cm³/mol. The van der Waals surface area contributed by atoms with Gasteiger partial charge < -0.3 is 24.6 Å². The third-order valence-corrected chi connectivity index (χ3v) is 10.5. The number of hydrogen-bond donors (Lipinski definition) is 3. The van der Waals surface area contributed by atoms with E-state index in [1.807, 2.05) is 0 Å². The monoisotopic (exact) mass is 813 g/mol. The zero-order valence-corrected chi connectivity index (χ0v) is 36.7. The minimum Gasteiger partial charge on any atom is -0.457 e. The number of carbonyl (C=O) groups is 1. The van der Waals surface area contributed by atoms with Crippen LogP contribution in [0.2, 0.25) is 0 Å². The van der Waals surface area contributed by atoms with Gasteiger partial charge in [-0.3, -0.25) is 13.8 Å². The van der Waals surface area contributed by atoms with E-state index in [4.69, 9.17) is 23.6 Å². The van der Waals surface area contributed by atoms with Gasteiger partial charge in [-0.2, -0.15) is 0 Å². The number of phosphoric acid groups is 1. The van der Waals surface area contributed by atoms with Gasteiger partial charge in [0.2, 0.25) is 0 Å². The third kappa shape index (κ3) is 42.0. The van der Waals surface area contributed by atoms with Crippen molar-refractivity contribution in [3.05, 3.63) is 48.6 Å². The lowest BCUT2D eigenvalue weighted by atomic mass is 10.0. The number of allylic oxidation sites excluding steroid dienone is 8. The van der Waals surface area contributed by atoms with Crippen LogP contribution < -0.4 is 0 Å². The summed E-state index contributed by atoms with van der Waals surface area (Å²) in [5.74, 6) is -0.387. The van der Waals surface area contributed by atoms with E-state index in [-0.39, 0.29) is 25.6 Å². The van der Waals surface area contributed by atoms with Crippen molar-refractivity contribution in [3.63, 3.8) is 0 Å². The van der Waals surface area contributed by atoms with E-state index in [2.05, 4.69) is 62.5 Å². The molecule has 0 aliphatic rings. The molecule has 3 N–H and O–H groups in total. The zero-order chi connectivity index (χ0) is 41.1. The van der Waals surface area contributed by atoms with E-state index in [1.54, 1.807) is 0 Å². The summed E-state index contributed by atoms with van der Waals surface area (Å²) in [5, 5.41) is 18.3. The van der Waals surface area contributed by atoms with Crippen molar-refractivity contribution in [2.75, 3.05) is 33.0 Å². The molecule has 0 aromatic rings. The van der Waals surface area contributed by atoms with Crippen molar-refractivity contribution in [2.24, 2.45) is 0 Å². The van der Waals surface area contributed by atoms with Crippen molar-refractivity contribution in [1.82, 2.24) is 0 Å². The van der Waals surface area contributed by atoms with Crippen LogP contribution in [0.15, 0.2) is 48.6 Å². The normalized spacial score (nSPS) is 14.4. The molecule has 0 bridgehead atoms. The van der Waals surface area contributed by atoms with Crippen LogP contribution in [0.3, 0.4) is 0 Å². The van der Waals surface area contributed by atoms with Crippen LogP contribution in [0, 0.1) is 0 Å². The highest BCUT2D eigenvalue weighted by Crippen LogP contribution is 2.43. The van der Waals surface area contributed by atoms with Gasteiger partial charge in [-0.1, -0.05) is 184 Å². The molecular weight excluding hydrogens is 727 g/mol. The third-order valence-electron chi connectivity index (χ3n) is 9.53. The Bertz CT molecular complexity index is 1010. The number of aliphatic hydroxyl groups is 2. The average Bonchev–Trinajstić information content (AvgIpc) is 3.19. The molecule has 0 spiro atoms. The maximum absolute atomic E-state index is 12.6. The Kier molecular flexibility index (Phi) is 41.8. The number of aliphatic hydroxyl groups excluding tert-OH is 2. The summed E-state index contributed by atoms with van der Waals surface area (Å²) in [6.07, 6.45) is 47.8. The van der Waals surface area contributed by atoms with Gasteiger partial charge in [0.05, 0.1) is 26.4 Å². The lowest BCUT2D eigenvalue weighted by molar-refractivity contribution is -0.154. The molecular formula is C46H85O9P. The first-order chi connectivity index (χ1) is 27.3. The van der Waals surface area contributed by atoms with Crippen LogP contribution in [-0.2, 0) is 27.9 Å². The number of rotatable bonds is 43. The molecule has 9 nitrogen and oxygen atoms in total. The van der Waals surface area contributed by atoms with Gasteiger partial charge in [-0.05, 0) is 51.4 Å². The summed E-state index contributed by atoms with van der Waals surface area (Å²) < 4.78 is 33.4. The maximum atomic E-state index is 12.6. The van der Waals surface area contributed by atoms with Crippen molar-refractivity contribution < 1.29 is 43.0 Å². The van der Waals surface area contributed by atoms with E-state index in [0.717, 1.165) is 70.6 Å². The van der Waals surface area contributed by atoms with Gasteiger partial charge in [-0.25, -0.2) is 4.57 Å². The fraction of sp³-hybridized carbons (Fsp3) is 0.804. The molecule has 0 rings (SSSR count). The fourth-order valence-electron chi connectivity index (χ4n) is 6.11. The topological polar surface area (TPSA) is 132 Å². The van der Waals surface area contributed by atoms with Crippen LogP contribution in [-0.4, -0.2) is 66.3 Å². The maximum Gasteiger partial charge on any atom is 0.472 e. The highest BCUT2D eigenvalue weighted by molar-refractivity contribution is 7.47. The summed E-state index contributed by atoms with van der Waals surface area (Å²) in [5.41, 5.74) is 0. The Hall–Kier alpha value is -1.58. The molecule has 0 aromatic heterocycles. The molecule has 0 radical (unpaired) electrons. The zero-order valence-electron chi connectivity index (χ0n) is 35.8. The Balaban J connectivity index is 4.09. The second kappa shape index (κ2) is 43.0. The highest BCUT2D eigenvalue weighted by atomic mass is 31.2. The number of hydrogen-bond acceptors (Lipinski definition) is 8. The van der Waals surface area contributed by atoms with Gasteiger partial charge in [-0.15, -0.1) is 0 Å². The summed E-state index contributed by atoms with van der Waals surface area (Å²) in [4.78, 5) is 22.6. The Morgan fingerprint density at radius 1 is 0.571 bits per heavy atom. The van der Waals surface area contributed by atoms with Gasteiger partial charge in [0, 0.05) is 13.0 Å². The quantitative estimate of drug-likeness (QED) is 0.0238. The number of phosphoric ester groups is 1. The lowest BCUT2D eigenvalue weighted by Gasteiger charge is -2.20. The summed E-state index contributed by atoms with van der Waals surface area (Å²) in [6, 6.07) is 0. The molecule has 10 heteroatoms. The Morgan fingerprint density at radius 2 is 1.02 bits per heavy atom. The van der Waals surface area contributed by atoms with Crippen LogP contribution in [0.5, 0.6) is 0 Å². The number of unbranched alkanes of at least 4 members (excludes halogenated alkanes) is 21. The van der Waals surface area contributed by atoms with Gasteiger partial charge in [0.1, 0.15) is 12.2 Å². The Labute approximate surface area is 343 Å². The molecule has 0 amide bonds. The minimum absolute atomic E-state index is 0.0491. The van der Waals surface area contributed by atoms with Crippen LogP contribution in [0.1, 0.15) is 194 Å². The van der Waals surface area contributed by atoms with E-state index in [9.17, 15) is 19.4 Å². The second-order valence-corrected chi connectivity index (χ2v) is 16.5. The highest BCUT2D eigenvalue weighted by Gasteiger charge is 2.26. The van der Waals surface area contributed by atoms with E-state index in [0.29, 0.717) is 6.61 Å². The second-order valence-electron chi connectivity index (χ2n) is 15.0. The van der Waals surface area contributed by atoms with Crippen molar-refractivity contribution in [1.29, 1.82) is 0 Å². The first-order valence-corrected chi connectivity index (χ1v) is 24.1. The largest absolute Gasteiger partial charge is 0.472 e. The fourth-order valence-corrected chi connectivity index (χ4v) is 6.90. The van der Waals surface area contributed by atoms with E-state index >= 15 is 0 Å². The standard InChI is InChI=1S/C46H85O9P/c1-3-5-7-9-11-13-15-17-18-19-20-21-22-23-24-25-26-27-28-30-32-34-36-38-46(49)55-45(43-54-56(50,51)53-41-44(48)40-47)42-52-39-37-35-33-31-29-16-14-12-10-8-6-4-2/h5,7,11,13,17-18,20-21,44-45,47-48H,3-4,6,8-10,12,14-16,19,22-43H2,1-2H3,(H,50,51)/b7-5-,13-11-,18-17-,21-20-. The molecule has 328 valence electrons. The van der Waals surface area contributed by atoms with Crippen LogP contribution in [0.25, 0.3) is 0 Å². The predicted octanol–water partition coefficient (Wildman–Crippen LogP) is 12.6. The van der Waals surface area contributed by atoms with Gasteiger partial charge in [0.25, 0.3) is 0 Å². The Morgan fingerprint density at radius 3 is 1.54 bits per heavy atom. The molecule has 0 saturated carbocycles. The molecule has 56 heavy (non-hydrogen) atoms. The SMILES string of the molecule is CC/C=C\C/C=C\C/C=C\C/C=C\CCCCCCCCCCCCC(=O)OC(COCCCCCCCCCCCCCC)COP(=O)(O)OCC(O)CO. The van der Waals surface area contributed by atoms with Crippen LogP contribution >= 0.6 is 7.82 Å². The number of esters is 1. The summed E-state index contributed by atoms with van der Waals surface area (Å²) >= 11 is 0. The molecule has 0 aliphatic carbocycles. The molecule has 0 fully saturated rings. The van der Waals surface area contributed by atoms with Crippen molar-refractivity contribution >= 4 is 13.8 Å². The first-order valence-electron chi connectivity index (χ1n) is 22.6. The molecule has 0 aliphatic heterocycles. The van der Waals surface area contributed by atoms with Gasteiger partial charge in [0.15, 0.2) is 0 Å². The molecule has 3 unspecified atom stereocenters. The summed E-state index contributed by atoms with van der Waals surface area (Å²) in [7, 11) is -4.52. The number of ether oxygens (including phenoxy) is 2. The van der Waals surface area contributed by atoms with Gasteiger partial charge >= 0.3 is 13.8 Å². The van der Waals surface area contributed by atoms with Crippen molar-refractivity contribution in [2.45, 2.75) is 206 Å². The first kappa shape index (κ1) is 54.4. The number of carbonyl (C=O) groups excluding carboxylic acids is 1. The lowest BCUT2D eigenvalue weighted by Crippen LogP contribution is -2.29. The summed E-state index contributed by atoms with van der Waals surface area (Å²) in [6.45, 7) is 3.41. The molecule has 0 heterocycles. The van der Waals surface area contributed by atoms with Crippen LogP contribution in [0.4, 0.5) is 0 Å². The smallest absolute Gasteiger partial charge is 0.457 e. The molecule has 3 atom stereocenters. The van der Waals surface area contributed by atoms with E-state index in [1.165, 1.54) is 103 Å². The van der Waals surface area contributed by atoms with Crippen molar-refractivity contribution in [3.8, 4) is 0 Å².